The van der Waals surface area contributed by atoms with Crippen molar-refractivity contribution in [3.05, 3.63) is 59.7 Å². The molecule has 0 radical (unpaired) electrons. The number of nitrogens with zero attached hydrogens (tertiary/aromatic N) is 1. The lowest BCUT2D eigenvalue weighted by Gasteiger charge is -2.43. The lowest BCUT2D eigenvalue weighted by Crippen LogP contribution is -2.51. The number of benzene rings is 2. The summed E-state index contributed by atoms with van der Waals surface area (Å²) in [6.45, 7) is 2.11. The highest BCUT2D eigenvalue weighted by atomic mass is 32.2. The van der Waals surface area contributed by atoms with Gasteiger partial charge in [-0.15, -0.1) is 11.8 Å². The Balaban J connectivity index is 1.62. The van der Waals surface area contributed by atoms with Crippen LogP contribution in [0, 0.1) is 0 Å². The van der Waals surface area contributed by atoms with Gasteiger partial charge in [0.1, 0.15) is 11.9 Å². The van der Waals surface area contributed by atoms with Gasteiger partial charge < -0.3 is 10.5 Å². The third kappa shape index (κ3) is 3.78. The zero-order chi connectivity index (χ0) is 17.9. The molecule has 1 fully saturated rings. The summed E-state index contributed by atoms with van der Waals surface area (Å²) < 4.78 is 6.59. The lowest BCUT2D eigenvalue weighted by atomic mass is 9.84. The molecule has 4 rings (SSSR count). The number of rotatable bonds is 4. The van der Waals surface area contributed by atoms with Gasteiger partial charge in [-0.05, 0) is 73.9 Å². The molecule has 0 saturated carbocycles. The molecule has 26 heavy (non-hydrogen) atoms. The van der Waals surface area contributed by atoms with E-state index in [1.807, 2.05) is 0 Å². The third-order valence-corrected chi connectivity index (χ3v) is 6.44. The topological polar surface area (TPSA) is 38.5 Å². The van der Waals surface area contributed by atoms with Crippen molar-refractivity contribution in [1.29, 1.82) is 0 Å². The Morgan fingerprint density at radius 2 is 1.88 bits per heavy atom. The summed E-state index contributed by atoms with van der Waals surface area (Å²) >= 11 is 1.76. The fraction of sp³-hybridized carbons (Fsp3) is 0.455. The fourth-order valence-corrected chi connectivity index (χ4v) is 4.77. The quantitative estimate of drug-likeness (QED) is 0.818. The molecule has 1 saturated heterocycles. The maximum Gasteiger partial charge on any atom is 0.139 e. The van der Waals surface area contributed by atoms with E-state index >= 15 is 0 Å². The molecule has 138 valence electrons. The minimum absolute atomic E-state index is 0.0744. The Hall–Kier alpha value is -1.49. The molecule has 3 atom stereocenters. The number of thioether (sulfide) groups is 1. The molecular formula is C22H28N2OS. The van der Waals surface area contributed by atoms with Gasteiger partial charge in [-0.25, -0.2) is 0 Å². The highest BCUT2D eigenvalue weighted by Gasteiger charge is 2.36. The summed E-state index contributed by atoms with van der Waals surface area (Å²) in [5, 5.41) is 0. The van der Waals surface area contributed by atoms with Crippen LogP contribution in [-0.4, -0.2) is 36.3 Å². The normalized spacial score (nSPS) is 26.3. The van der Waals surface area contributed by atoms with E-state index in [4.69, 9.17) is 10.5 Å². The molecule has 2 aromatic carbocycles. The molecule has 2 N–H and O–H groups in total. The SMILES string of the molecule is CSc1ccc(O[C@H]2c3ccccc3CC[C@@H]2N2CCC[C@H](N)C2)cc1. The average Bonchev–Trinajstić information content (AvgIpc) is 2.69. The Labute approximate surface area is 160 Å². The number of ether oxygens (including phenoxy) is 1. The summed E-state index contributed by atoms with van der Waals surface area (Å²) in [6, 6.07) is 17.9. The van der Waals surface area contributed by atoms with Crippen LogP contribution < -0.4 is 10.5 Å². The monoisotopic (exact) mass is 368 g/mol. The van der Waals surface area contributed by atoms with Crippen LogP contribution in [0.4, 0.5) is 0 Å². The first-order valence-electron chi connectivity index (χ1n) is 9.63. The van der Waals surface area contributed by atoms with Crippen LogP contribution in [0.15, 0.2) is 53.4 Å². The van der Waals surface area contributed by atoms with E-state index in [2.05, 4.69) is 59.7 Å². The highest BCUT2D eigenvalue weighted by molar-refractivity contribution is 7.98. The minimum Gasteiger partial charge on any atom is -0.484 e. The van der Waals surface area contributed by atoms with E-state index in [-0.39, 0.29) is 6.10 Å². The first kappa shape index (κ1) is 17.9. The van der Waals surface area contributed by atoms with Crippen molar-refractivity contribution in [3.8, 4) is 5.75 Å². The van der Waals surface area contributed by atoms with E-state index in [1.54, 1.807) is 11.8 Å². The third-order valence-electron chi connectivity index (χ3n) is 5.70. The first-order valence-corrected chi connectivity index (χ1v) is 10.8. The van der Waals surface area contributed by atoms with Gasteiger partial charge in [0.15, 0.2) is 0 Å². The number of nitrogens with two attached hydrogens (primary N) is 1. The van der Waals surface area contributed by atoms with Gasteiger partial charge >= 0.3 is 0 Å². The Morgan fingerprint density at radius 3 is 2.65 bits per heavy atom. The summed E-state index contributed by atoms with van der Waals surface area (Å²) in [7, 11) is 0. The molecule has 3 nitrogen and oxygen atoms in total. The predicted molar refractivity (Wildman–Crippen MR) is 109 cm³/mol. The van der Waals surface area contributed by atoms with Crippen LogP contribution >= 0.6 is 11.8 Å². The maximum absolute atomic E-state index is 6.59. The fourth-order valence-electron chi connectivity index (χ4n) is 4.36. The Morgan fingerprint density at radius 1 is 1.08 bits per heavy atom. The Bertz CT molecular complexity index is 733. The zero-order valence-corrected chi connectivity index (χ0v) is 16.3. The predicted octanol–water partition coefficient (Wildman–Crippen LogP) is 4.27. The van der Waals surface area contributed by atoms with Crippen molar-refractivity contribution in [3.63, 3.8) is 0 Å². The lowest BCUT2D eigenvalue weighted by molar-refractivity contribution is 0.0367. The van der Waals surface area contributed by atoms with Gasteiger partial charge in [0.2, 0.25) is 0 Å². The summed E-state index contributed by atoms with van der Waals surface area (Å²) in [6.07, 6.45) is 6.76. The first-order chi connectivity index (χ1) is 12.7. The molecule has 0 bridgehead atoms. The van der Waals surface area contributed by atoms with E-state index in [1.165, 1.54) is 22.4 Å². The largest absolute Gasteiger partial charge is 0.484 e. The van der Waals surface area contributed by atoms with E-state index < -0.39 is 0 Å². The molecule has 0 spiro atoms. The van der Waals surface area contributed by atoms with Gasteiger partial charge in [-0.3, -0.25) is 4.90 Å². The van der Waals surface area contributed by atoms with E-state index in [9.17, 15) is 0 Å². The van der Waals surface area contributed by atoms with E-state index in [0.29, 0.717) is 12.1 Å². The standard InChI is InChI=1S/C22H28N2OS/c1-26-19-11-9-18(10-12-19)25-22-20-7-3-2-5-16(20)8-13-21(22)24-14-4-6-17(23)15-24/h2-3,5,7,9-12,17,21-22H,4,6,8,13-15,23H2,1H3/t17-,21-,22-/m0/s1. The van der Waals surface area contributed by atoms with Crippen LogP contribution in [0.1, 0.15) is 36.5 Å². The van der Waals surface area contributed by atoms with Crippen molar-refractivity contribution < 1.29 is 4.74 Å². The summed E-state index contributed by atoms with van der Waals surface area (Å²) in [5.74, 6) is 0.954. The molecule has 0 aromatic heterocycles. The highest BCUT2D eigenvalue weighted by Crippen LogP contribution is 2.37. The van der Waals surface area contributed by atoms with Crippen molar-refractivity contribution in [2.24, 2.45) is 5.73 Å². The van der Waals surface area contributed by atoms with Crippen molar-refractivity contribution >= 4 is 11.8 Å². The number of fused-ring (bicyclic) bond motifs is 1. The molecule has 4 heteroatoms. The second-order valence-electron chi connectivity index (χ2n) is 7.42. The Kier molecular flexibility index (Phi) is 5.53. The summed E-state index contributed by atoms with van der Waals surface area (Å²) in [5.41, 5.74) is 9.04. The van der Waals surface area contributed by atoms with Gasteiger partial charge in [0.05, 0.1) is 6.04 Å². The van der Waals surface area contributed by atoms with Gasteiger partial charge in [-0.1, -0.05) is 24.3 Å². The second kappa shape index (κ2) is 8.03. The number of likely N-dealkylation sites (tertiary alicyclic amines) is 1. The smallest absolute Gasteiger partial charge is 0.139 e. The number of hydrogen-bond acceptors (Lipinski definition) is 4. The van der Waals surface area contributed by atoms with Crippen molar-refractivity contribution in [2.75, 3.05) is 19.3 Å². The van der Waals surface area contributed by atoms with Gasteiger partial charge in [0, 0.05) is 17.5 Å². The van der Waals surface area contributed by atoms with Gasteiger partial charge in [0.25, 0.3) is 0 Å². The van der Waals surface area contributed by atoms with Crippen LogP contribution in [0.2, 0.25) is 0 Å². The average molecular weight is 369 g/mol. The van der Waals surface area contributed by atoms with Crippen LogP contribution in [0.25, 0.3) is 0 Å². The number of aryl methyl sites for hydroxylation is 1. The molecule has 1 aliphatic carbocycles. The van der Waals surface area contributed by atoms with Crippen molar-refractivity contribution in [1.82, 2.24) is 4.90 Å². The molecule has 2 aliphatic rings. The number of piperidine rings is 1. The molecule has 1 heterocycles. The second-order valence-corrected chi connectivity index (χ2v) is 8.30. The summed E-state index contributed by atoms with van der Waals surface area (Å²) in [4.78, 5) is 3.84. The molecule has 0 unspecified atom stereocenters. The number of hydrogen-bond donors (Lipinski definition) is 1. The van der Waals surface area contributed by atoms with Gasteiger partial charge in [-0.2, -0.15) is 0 Å². The van der Waals surface area contributed by atoms with Crippen molar-refractivity contribution in [2.45, 2.75) is 48.8 Å². The zero-order valence-electron chi connectivity index (χ0n) is 15.4. The maximum atomic E-state index is 6.59. The molecular weight excluding hydrogens is 340 g/mol. The van der Waals surface area contributed by atoms with Crippen LogP contribution in [0.3, 0.4) is 0 Å². The van der Waals surface area contributed by atoms with Crippen LogP contribution in [0.5, 0.6) is 5.75 Å². The molecule has 0 amide bonds. The molecule has 2 aromatic rings. The van der Waals surface area contributed by atoms with E-state index in [0.717, 1.165) is 38.1 Å². The molecule has 1 aliphatic heterocycles. The van der Waals surface area contributed by atoms with Crippen LogP contribution in [-0.2, 0) is 6.42 Å². The minimum atomic E-state index is 0.0744.